The number of fused-ring (bicyclic) bond motifs is 3. The van der Waals surface area contributed by atoms with Gasteiger partial charge in [-0.25, -0.2) is 4.79 Å². The molecular formula is C27H25N5O4. The van der Waals surface area contributed by atoms with Gasteiger partial charge in [0.2, 0.25) is 11.8 Å². The molecule has 1 aromatic heterocycles. The Morgan fingerprint density at radius 1 is 1.14 bits per heavy atom. The van der Waals surface area contributed by atoms with Crippen LogP contribution in [-0.2, 0) is 27.5 Å². The number of aromatic nitrogens is 1. The minimum absolute atomic E-state index is 0.220. The summed E-state index contributed by atoms with van der Waals surface area (Å²) >= 11 is 0. The number of imide groups is 1. The van der Waals surface area contributed by atoms with Crippen molar-refractivity contribution in [1.82, 2.24) is 20.1 Å². The van der Waals surface area contributed by atoms with Gasteiger partial charge in [-0.3, -0.25) is 24.3 Å². The Kier molecular flexibility index (Phi) is 5.94. The minimum Gasteiger partial charge on any atom is -0.388 e. The van der Waals surface area contributed by atoms with E-state index in [9.17, 15) is 19.2 Å². The third kappa shape index (κ3) is 4.29. The number of rotatable bonds is 4. The number of nitrogens with zero attached hydrogens (tertiary/aromatic N) is 2. The molecule has 9 nitrogen and oxygen atoms in total. The smallest absolute Gasteiger partial charge is 0.329 e. The van der Waals surface area contributed by atoms with Crippen molar-refractivity contribution < 1.29 is 19.2 Å². The standard InChI is InChI=1S/C27H25N5O4/c1-16-3-4-17(12-21(16)28-2)6-9-24(33)29-14-18-5-7-22-19(11-18)13-20-15-31(27(36)32(20)22)23-8-10-25(34)30-26(23)35/h3-5,7,11-13,23,28H,8,10,14-15H2,1-2H3,(H,29,33)(H,30,34,35). The first-order valence-electron chi connectivity index (χ1n) is 11.7. The molecule has 2 aliphatic rings. The number of carbonyl (C=O) groups is 4. The summed E-state index contributed by atoms with van der Waals surface area (Å²) in [5, 5.41) is 9.09. The van der Waals surface area contributed by atoms with E-state index in [-0.39, 0.29) is 24.3 Å². The van der Waals surface area contributed by atoms with Gasteiger partial charge in [0.1, 0.15) is 6.04 Å². The average Bonchev–Trinajstić information content (AvgIpc) is 3.37. The van der Waals surface area contributed by atoms with Crippen molar-refractivity contribution in [2.45, 2.75) is 38.9 Å². The summed E-state index contributed by atoms with van der Waals surface area (Å²) in [4.78, 5) is 50.5. The van der Waals surface area contributed by atoms with Crippen LogP contribution in [0.5, 0.6) is 0 Å². The van der Waals surface area contributed by atoms with Crippen molar-refractivity contribution in [2.75, 3.05) is 12.4 Å². The molecule has 2 aromatic carbocycles. The SMILES string of the molecule is CNc1cc(C#CC(=O)NCc2ccc3c(c2)cc2n3C(=O)N(C3CCC(=O)NC3=O)C2)ccc1C. The molecule has 1 atom stereocenters. The van der Waals surface area contributed by atoms with Gasteiger partial charge in [-0.2, -0.15) is 0 Å². The molecule has 0 radical (unpaired) electrons. The normalized spacial score (nSPS) is 16.9. The maximum atomic E-state index is 13.1. The molecule has 3 heterocycles. The van der Waals surface area contributed by atoms with E-state index in [0.717, 1.165) is 39.0 Å². The molecule has 1 fully saturated rings. The lowest BCUT2D eigenvalue weighted by atomic mass is 10.0. The number of aryl methyl sites for hydroxylation is 1. The predicted octanol–water partition coefficient (Wildman–Crippen LogP) is 2.25. The summed E-state index contributed by atoms with van der Waals surface area (Å²) in [5.74, 6) is 4.39. The summed E-state index contributed by atoms with van der Waals surface area (Å²) in [5.41, 5.74) is 5.22. The van der Waals surface area contributed by atoms with Crippen molar-refractivity contribution >= 4 is 40.3 Å². The highest BCUT2D eigenvalue weighted by molar-refractivity contribution is 6.03. The molecule has 1 unspecified atom stereocenters. The van der Waals surface area contributed by atoms with Gasteiger partial charge in [-0.05, 0) is 54.8 Å². The predicted molar refractivity (Wildman–Crippen MR) is 134 cm³/mol. The second kappa shape index (κ2) is 9.23. The zero-order chi connectivity index (χ0) is 25.4. The zero-order valence-corrected chi connectivity index (χ0v) is 20.0. The number of carbonyl (C=O) groups excluding carboxylic acids is 4. The molecule has 1 saturated heterocycles. The van der Waals surface area contributed by atoms with E-state index in [4.69, 9.17) is 0 Å². The Bertz CT molecular complexity index is 1490. The van der Waals surface area contributed by atoms with Gasteiger partial charge in [-0.1, -0.05) is 18.1 Å². The van der Waals surface area contributed by atoms with Crippen LogP contribution < -0.4 is 16.0 Å². The quantitative estimate of drug-likeness (QED) is 0.389. The first kappa shape index (κ1) is 23.2. The Morgan fingerprint density at radius 3 is 2.75 bits per heavy atom. The third-order valence-corrected chi connectivity index (χ3v) is 6.58. The fourth-order valence-corrected chi connectivity index (χ4v) is 4.69. The third-order valence-electron chi connectivity index (χ3n) is 6.58. The van der Waals surface area contributed by atoms with Crippen LogP contribution >= 0.6 is 0 Å². The van der Waals surface area contributed by atoms with Gasteiger partial charge in [0.05, 0.1) is 12.1 Å². The van der Waals surface area contributed by atoms with Crippen LogP contribution in [0.15, 0.2) is 42.5 Å². The lowest BCUT2D eigenvalue weighted by Crippen LogP contribution is -2.52. The molecule has 9 heteroatoms. The highest BCUT2D eigenvalue weighted by Crippen LogP contribution is 2.30. The van der Waals surface area contributed by atoms with E-state index < -0.39 is 11.9 Å². The summed E-state index contributed by atoms with van der Waals surface area (Å²) in [6.07, 6.45) is 0.545. The van der Waals surface area contributed by atoms with Gasteiger partial charge in [-0.15, -0.1) is 0 Å². The van der Waals surface area contributed by atoms with E-state index in [2.05, 4.69) is 27.8 Å². The van der Waals surface area contributed by atoms with Crippen LogP contribution in [0.2, 0.25) is 0 Å². The minimum atomic E-state index is -0.648. The number of piperidine rings is 1. The molecule has 2 aliphatic heterocycles. The summed E-state index contributed by atoms with van der Waals surface area (Å²) in [7, 11) is 1.84. The fraction of sp³-hybridized carbons (Fsp3) is 0.259. The second-order valence-electron chi connectivity index (χ2n) is 8.95. The first-order chi connectivity index (χ1) is 17.3. The molecule has 0 bridgehead atoms. The maximum absolute atomic E-state index is 13.1. The Balaban J connectivity index is 1.25. The van der Waals surface area contributed by atoms with Crippen molar-refractivity contribution in [3.05, 3.63) is 64.8 Å². The van der Waals surface area contributed by atoms with E-state index in [1.807, 2.05) is 56.4 Å². The molecule has 3 N–H and O–H groups in total. The molecule has 36 heavy (non-hydrogen) atoms. The van der Waals surface area contributed by atoms with Crippen LogP contribution in [0, 0.1) is 18.8 Å². The lowest BCUT2D eigenvalue weighted by Gasteiger charge is -2.28. The number of amides is 4. The molecular weight excluding hydrogens is 458 g/mol. The monoisotopic (exact) mass is 483 g/mol. The fourth-order valence-electron chi connectivity index (χ4n) is 4.69. The highest BCUT2D eigenvalue weighted by Gasteiger charge is 2.39. The van der Waals surface area contributed by atoms with Crippen molar-refractivity contribution in [2.24, 2.45) is 0 Å². The molecule has 0 saturated carbocycles. The number of hydrogen-bond donors (Lipinski definition) is 3. The molecule has 0 aliphatic carbocycles. The van der Waals surface area contributed by atoms with Gasteiger partial charge in [0.25, 0.3) is 5.91 Å². The van der Waals surface area contributed by atoms with E-state index in [1.165, 1.54) is 4.90 Å². The summed E-state index contributed by atoms with van der Waals surface area (Å²) < 4.78 is 1.61. The van der Waals surface area contributed by atoms with Crippen molar-refractivity contribution in [1.29, 1.82) is 0 Å². The van der Waals surface area contributed by atoms with E-state index in [0.29, 0.717) is 19.5 Å². The van der Waals surface area contributed by atoms with E-state index >= 15 is 0 Å². The van der Waals surface area contributed by atoms with Crippen LogP contribution in [0.1, 0.15) is 35.2 Å². The van der Waals surface area contributed by atoms with Gasteiger partial charge < -0.3 is 15.5 Å². The topological polar surface area (TPSA) is 113 Å². The Morgan fingerprint density at radius 2 is 1.97 bits per heavy atom. The second-order valence-corrected chi connectivity index (χ2v) is 8.95. The van der Waals surface area contributed by atoms with Crippen molar-refractivity contribution in [3.63, 3.8) is 0 Å². The Labute approximate surface area is 207 Å². The van der Waals surface area contributed by atoms with Gasteiger partial charge in [0.15, 0.2) is 0 Å². The lowest BCUT2D eigenvalue weighted by molar-refractivity contribution is -0.136. The van der Waals surface area contributed by atoms with Gasteiger partial charge in [0, 0.05) is 48.3 Å². The van der Waals surface area contributed by atoms with Crippen molar-refractivity contribution in [3.8, 4) is 11.8 Å². The number of nitrogens with one attached hydrogen (secondary N) is 3. The zero-order valence-electron chi connectivity index (χ0n) is 20.0. The Hall–Kier alpha value is -4.58. The summed E-state index contributed by atoms with van der Waals surface area (Å²) in [6.45, 7) is 2.60. The number of anilines is 1. The van der Waals surface area contributed by atoms with Crippen LogP contribution in [0.25, 0.3) is 10.9 Å². The number of benzene rings is 2. The van der Waals surface area contributed by atoms with Crippen LogP contribution in [-0.4, -0.2) is 46.3 Å². The molecule has 0 spiro atoms. The number of hydrogen-bond acceptors (Lipinski definition) is 5. The summed E-state index contributed by atoms with van der Waals surface area (Å²) in [6, 6.07) is 12.3. The largest absolute Gasteiger partial charge is 0.388 e. The van der Waals surface area contributed by atoms with Gasteiger partial charge >= 0.3 is 6.03 Å². The van der Waals surface area contributed by atoms with Crippen LogP contribution in [0.4, 0.5) is 10.5 Å². The molecule has 5 rings (SSSR count). The molecule has 182 valence electrons. The maximum Gasteiger partial charge on any atom is 0.329 e. The molecule has 3 aromatic rings. The molecule has 4 amide bonds. The average molecular weight is 484 g/mol. The van der Waals surface area contributed by atoms with Crippen LogP contribution in [0.3, 0.4) is 0 Å². The van der Waals surface area contributed by atoms with E-state index in [1.54, 1.807) is 4.57 Å². The highest BCUT2D eigenvalue weighted by atomic mass is 16.2. The first-order valence-corrected chi connectivity index (χ1v) is 11.7.